The Labute approximate surface area is 132 Å². The number of hydrogen-bond donors (Lipinski definition) is 2. The maximum Gasteiger partial charge on any atom is 0.419 e. The highest BCUT2D eigenvalue weighted by atomic mass is 35.5. The lowest BCUT2D eigenvalue weighted by molar-refractivity contribution is -0.140. The van der Waals surface area contributed by atoms with Gasteiger partial charge in [0.2, 0.25) is 0 Å². The van der Waals surface area contributed by atoms with E-state index in [1.807, 2.05) is 4.90 Å². The Morgan fingerprint density at radius 2 is 1.86 bits per heavy atom. The summed E-state index contributed by atoms with van der Waals surface area (Å²) >= 11 is 0. The molecule has 1 aromatic rings. The van der Waals surface area contributed by atoms with Crippen molar-refractivity contribution in [3.05, 3.63) is 35.1 Å². The number of nitrogens with one attached hydrogen (secondary N) is 1. The van der Waals surface area contributed by atoms with Crippen molar-refractivity contribution >= 4 is 12.4 Å². The van der Waals surface area contributed by atoms with E-state index in [4.69, 9.17) is 5.11 Å². The highest BCUT2D eigenvalue weighted by Crippen LogP contribution is 2.36. The van der Waals surface area contributed by atoms with E-state index in [-0.39, 0.29) is 31.0 Å². The van der Waals surface area contributed by atoms with Crippen LogP contribution in [0.5, 0.6) is 0 Å². The summed E-state index contributed by atoms with van der Waals surface area (Å²) in [6.07, 6.45) is -4.51. The van der Waals surface area contributed by atoms with E-state index < -0.39 is 23.6 Å². The molecule has 2 rings (SSSR count). The molecule has 0 amide bonds. The predicted octanol–water partition coefficient (Wildman–Crippen LogP) is 2.60. The van der Waals surface area contributed by atoms with Crippen molar-refractivity contribution in [2.45, 2.75) is 18.6 Å². The molecule has 1 saturated heterocycles. The number of alkyl halides is 3. The molecule has 1 atom stereocenters. The molecule has 22 heavy (non-hydrogen) atoms. The van der Waals surface area contributed by atoms with Crippen molar-refractivity contribution < 1.29 is 22.7 Å². The van der Waals surface area contributed by atoms with Crippen LogP contribution in [-0.4, -0.2) is 42.8 Å². The molecule has 0 bridgehead atoms. The first-order chi connectivity index (χ1) is 9.95. The Morgan fingerprint density at radius 3 is 2.41 bits per heavy atom. The molecule has 3 nitrogen and oxygen atoms in total. The quantitative estimate of drug-likeness (QED) is 0.826. The van der Waals surface area contributed by atoms with Crippen LogP contribution >= 0.6 is 12.4 Å². The zero-order valence-electron chi connectivity index (χ0n) is 11.9. The molecule has 1 aromatic carbocycles. The SMILES string of the molecule is Cl.OCC[C@H](c1cccc(C(F)(F)F)c1F)N1CCNCC1. The average Bonchev–Trinajstić information content (AvgIpc) is 2.45. The lowest BCUT2D eigenvalue weighted by Crippen LogP contribution is -2.45. The third-order valence-electron chi connectivity index (χ3n) is 3.69. The van der Waals surface area contributed by atoms with Gasteiger partial charge in [-0.25, -0.2) is 4.39 Å². The highest BCUT2D eigenvalue weighted by molar-refractivity contribution is 5.85. The van der Waals surface area contributed by atoms with Gasteiger partial charge >= 0.3 is 6.18 Å². The van der Waals surface area contributed by atoms with Crippen molar-refractivity contribution in [3.8, 4) is 0 Å². The number of aliphatic hydroxyl groups excluding tert-OH is 1. The Bertz CT molecular complexity index is 478. The van der Waals surface area contributed by atoms with Gasteiger partial charge in [0, 0.05) is 44.4 Å². The molecule has 0 radical (unpaired) electrons. The van der Waals surface area contributed by atoms with Gasteiger partial charge in [-0.05, 0) is 12.5 Å². The van der Waals surface area contributed by atoms with Gasteiger partial charge in [-0.3, -0.25) is 4.90 Å². The molecule has 1 aliphatic heterocycles. The van der Waals surface area contributed by atoms with Crippen LogP contribution in [0.1, 0.15) is 23.6 Å². The summed E-state index contributed by atoms with van der Waals surface area (Å²) in [5.74, 6) is -1.23. The van der Waals surface area contributed by atoms with Crippen LogP contribution in [0, 0.1) is 5.82 Å². The Kier molecular flexibility index (Phi) is 7.05. The maximum atomic E-state index is 14.3. The second-order valence-electron chi connectivity index (χ2n) is 5.02. The van der Waals surface area contributed by atoms with Crippen LogP contribution in [0.25, 0.3) is 0 Å². The standard InChI is InChI=1S/C14H18F4N2O.ClH/c15-13-10(2-1-3-11(13)14(16,17)18)12(4-9-21)20-7-5-19-6-8-20;/h1-3,12,19,21H,4-9H2;1H/t12-;/m1./s1. The Balaban J connectivity index is 0.00000242. The molecular formula is C14H19ClF4N2O. The van der Waals surface area contributed by atoms with Gasteiger partial charge in [0.15, 0.2) is 0 Å². The van der Waals surface area contributed by atoms with E-state index >= 15 is 0 Å². The molecule has 8 heteroatoms. The van der Waals surface area contributed by atoms with Crippen LogP contribution in [-0.2, 0) is 6.18 Å². The summed E-state index contributed by atoms with van der Waals surface area (Å²) in [6.45, 7) is 2.41. The van der Waals surface area contributed by atoms with E-state index in [2.05, 4.69) is 5.32 Å². The average molecular weight is 343 g/mol. The summed E-state index contributed by atoms with van der Waals surface area (Å²) in [6, 6.07) is 2.78. The first-order valence-corrected chi connectivity index (χ1v) is 6.86. The van der Waals surface area contributed by atoms with Gasteiger partial charge in [-0.2, -0.15) is 13.2 Å². The fourth-order valence-electron chi connectivity index (χ4n) is 2.68. The van der Waals surface area contributed by atoms with E-state index in [0.29, 0.717) is 26.2 Å². The van der Waals surface area contributed by atoms with Gasteiger partial charge in [0.05, 0.1) is 5.56 Å². The molecule has 126 valence electrons. The molecule has 0 spiro atoms. The fraction of sp³-hybridized carbons (Fsp3) is 0.571. The van der Waals surface area contributed by atoms with Crippen molar-refractivity contribution in [2.24, 2.45) is 0 Å². The number of benzene rings is 1. The van der Waals surface area contributed by atoms with Gasteiger partial charge in [0.25, 0.3) is 0 Å². The minimum Gasteiger partial charge on any atom is -0.396 e. The van der Waals surface area contributed by atoms with Gasteiger partial charge in [-0.15, -0.1) is 12.4 Å². The van der Waals surface area contributed by atoms with Crippen molar-refractivity contribution in [1.29, 1.82) is 0 Å². The number of aliphatic hydroxyl groups is 1. The van der Waals surface area contributed by atoms with Crippen molar-refractivity contribution in [1.82, 2.24) is 10.2 Å². The Morgan fingerprint density at radius 1 is 1.23 bits per heavy atom. The minimum absolute atomic E-state index is 0. The third-order valence-corrected chi connectivity index (χ3v) is 3.69. The molecule has 1 fully saturated rings. The Hall–Kier alpha value is -0.890. The normalized spacial score (nSPS) is 17.9. The van der Waals surface area contributed by atoms with E-state index in [1.54, 1.807) is 0 Å². The fourth-order valence-corrected chi connectivity index (χ4v) is 2.68. The number of nitrogens with zero attached hydrogens (tertiary/aromatic N) is 1. The summed E-state index contributed by atoms with van der Waals surface area (Å²) in [5.41, 5.74) is -1.25. The molecule has 0 unspecified atom stereocenters. The number of halogens is 5. The van der Waals surface area contributed by atoms with Crippen LogP contribution in [0.2, 0.25) is 0 Å². The summed E-state index contributed by atoms with van der Waals surface area (Å²) < 4.78 is 52.7. The summed E-state index contributed by atoms with van der Waals surface area (Å²) in [5, 5.41) is 12.3. The summed E-state index contributed by atoms with van der Waals surface area (Å²) in [4.78, 5) is 1.91. The minimum atomic E-state index is -4.71. The molecule has 2 N–H and O–H groups in total. The van der Waals surface area contributed by atoms with E-state index in [1.165, 1.54) is 12.1 Å². The van der Waals surface area contributed by atoms with Crippen LogP contribution < -0.4 is 5.32 Å². The molecule has 1 heterocycles. The smallest absolute Gasteiger partial charge is 0.396 e. The molecule has 1 aliphatic rings. The lowest BCUT2D eigenvalue weighted by atomic mass is 9.98. The zero-order chi connectivity index (χ0) is 15.5. The van der Waals surface area contributed by atoms with Gasteiger partial charge < -0.3 is 10.4 Å². The van der Waals surface area contributed by atoms with E-state index in [9.17, 15) is 17.6 Å². The number of hydrogen-bond acceptors (Lipinski definition) is 3. The lowest BCUT2D eigenvalue weighted by Gasteiger charge is -2.35. The zero-order valence-corrected chi connectivity index (χ0v) is 12.7. The monoisotopic (exact) mass is 342 g/mol. The summed E-state index contributed by atoms with van der Waals surface area (Å²) in [7, 11) is 0. The second kappa shape index (κ2) is 8.10. The van der Waals surface area contributed by atoms with Gasteiger partial charge in [-0.1, -0.05) is 12.1 Å². The predicted molar refractivity (Wildman–Crippen MR) is 77.5 cm³/mol. The molecule has 0 saturated carbocycles. The van der Waals surface area contributed by atoms with Crippen molar-refractivity contribution in [2.75, 3.05) is 32.8 Å². The molecular weight excluding hydrogens is 324 g/mol. The topological polar surface area (TPSA) is 35.5 Å². The second-order valence-corrected chi connectivity index (χ2v) is 5.02. The van der Waals surface area contributed by atoms with Crippen LogP contribution in [0.15, 0.2) is 18.2 Å². The first kappa shape index (κ1) is 19.2. The first-order valence-electron chi connectivity index (χ1n) is 6.86. The molecule has 0 aliphatic carbocycles. The van der Waals surface area contributed by atoms with E-state index in [0.717, 1.165) is 6.07 Å². The molecule has 0 aromatic heterocycles. The maximum absolute atomic E-state index is 14.3. The van der Waals surface area contributed by atoms with Crippen molar-refractivity contribution in [3.63, 3.8) is 0 Å². The third kappa shape index (κ3) is 4.32. The number of rotatable bonds is 4. The van der Waals surface area contributed by atoms with Crippen LogP contribution in [0.3, 0.4) is 0 Å². The number of piperazine rings is 1. The van der Waals surface area contributed by atoms with Crippen LogP contribution in [0.4, 0.5) is 17.6 Å². The highest BCUT2D eigenvalue weighted by Gasteiger charge is 2.36. The van der Waals surface area contributed by atoms with Gasteiger partial charge in [0.1, 0.15) is 5.82 Å². The largest absolute Gasteiger partial charge is 0.419 e.